The Morgan fingerprint density at radius 3 is 2.76 bits per heavy atom. The summed E-state index contributed by atoms with van der Waals surface area (Å²) in [6.07, 6.45) is 6.48. The fourth-order valence-corrected chi connectivity index (χ4v) is 4.38. The Morgan fingerprint density at radius 1 is 1.17 bits per heavy atom. The monoisotopic (exact) mass is 514 g/mol. The van der Waals surface area contributed by atoms with Crippen molar-refractivity contribution in [1.29, 1.82) is 0 Å². The molecule has 0 bridgehead atoms. The average Bonchev–Trinajstić information content (AvgIpc) is 3.19. The van der Waals surface area contributed by atoms with Gasteiger partial charge in [0.1, 0.15) is 0 Å². The molecule has 2 atom stereocenters. The summed E-state index contributed by atoms with van der Waals surface area (Å²) in [6.45, 7) is 9.49. The van der Waals surface area contributed by atoms with Crippen LogP contribution in [0.2, 0.25) is 0 Å². The summed E-state index contributed by atoms with van der Waals surface area (Å²) in [5.74, 6) is 1.65. The molecule has 2 aliphatic rings. The molecular formula is C23H39IN4O. The number of hydrogen-bond donors (Lipinski definition) is 1. The van der Waals surface area contributed by atoms with E-state index in [1.54, 1.807) is 0 Å². The van der Waals surface area contributed by atoms with E-state index in [1.165, 1.54) is 50.8 Å². The molecule has 1 N–H and O–H groups in total. The number of aliphatic imine (C=N–C) groups is 1. The maximum absolute atomic E-state index is 5.95. The first kappa shape index (κ1) is 24.4. The average molecular weight is 514 g/mol. The third-order valence-corrected chi connectivity index (χ3v) is 6.11. The molecule has 2 saturated heterocycles. The zero-order chi connectivity index (χ0) is 19.6. The number of rotatable bonds is 8. The number of likely N-dealkylation sites (tertiary alicyclic amines) is 2. The third kappa shape index (κ3) is 8.06. The van der Waals surface area contributed by atoms with Crippen molar-refractivity contribution in [3.8, 4) is 0 Å². The van der Waals surface area contributed by atoms with Crippen LogP contribution in [-0.4, -0.2) is 68.2 Å². The molecule has 5 nitrogen and oxygen atoms in total. The van der Waals surface area contributed by atoms with Crippen molar-refractivity contribution in [2.45, 2.75) is 51.7 Å². The van der Waals surface area contributed by atoms with Crippen LogP contribution in [0.5, 0.6) is 0 Å². The van der Waals surface area contributed by atoms with Crippen LogP contribution in [-0.2, 0) is 11.3 Å². The largest absolute Gasteiger partial charge is 0.376 e. The first-order valence-electron chi connectivity index (χ1n) is 11.1. The maximum atomic E-state index is 5.95. The Bertz CT molecular complexity index is 598. The summed E-state index contributed by atoms with van der Waals surface area (Å²) >= 11 is 0. The topological polar surface area (TPSA) is 40.1 Å². The quantitative estimate of drug-likeness (QED) is 0.247. The van der Waals surface area contributed by atoms with Crippen molar-refractivity contribution in [3.63, 3.8) is 0 Å². The normalized spacial score (nSPS) is 23.1. The predicted molar refractivity (Wildman–Crippen MR) is 132 cm³/mol. The standard InChI is InChI=1S/C23H38N4O.HI/c1-20-9-6-7-14-26(20)15-8-13-25-23(24-2)27-16-12-22(17-27)19-28-18-21-10-4-3-5-11-21;/h3-5,10-11,20,22H,6-9,12-19H2,1-2H3,(H,24,25);1H. The fourth-order valence-electron chi connectivity index (χ4n) is 4.38. The summed E-state index contributed by atoms with van der Waals surface area (Å²) in [5.41, 5.74) is 1.25. The van der Waals surface area contributed by atoms with Crippen LogP contribution in [0.1, 0.15) is 44.6 Å². The van der Waals surface area contributed by atoms with Gasteiger partial charge in [-0.05, 0) is 44.7 Å². The number of nitrogens with zero attached hydrogens (tertiary/aromatic N) is 3. The second-order valence-corrected chi connectivity index (χ2v) is 8.31. The number of halogens is 1. The minimum atomic E-state index is 0. The second-order valence-electron chi connectivity index (χ2n) is 8.31. The molecule has 0 aromatic heterocycles. The molecule has 0 amide bonds. The molecule has 1 aromatic carbocycles. The number of piperidine rings is 1. The van der Waals surface area contributed by atoms with Crippen LogP contribution in [0.4, 0.5) is 0 Å². The van der Waals surface area contributed by atoms with E-state index in [-0.39, 0.29) is 24.0 Å². The van der Waals surface area contributed by atoms with Gasteiger partial charge in [-0.3, -0.25) is 4.99 Å². The van der Waals surface area contributed by atoms with Crippen LogP contribution >= 0.6 is 24.0 Å². The van der Waals surface area contributed by atoms with Crippen molar-refractivity contribution >= 4 is 29.9 Å². The van der Waals surface area contributed by atoms with Gasteiger partial charge in [-0.25, -0.2) is 0 Å². The van der Waals surface area contributed by atoms with E-state index in [0.717, 1.165) is 38.2 Å². The fraction of sp³-hybridized carbons (Fsp3) is 0.696. The molecule has 0 saturated carbocycles. The summed E-state index contributed by atoms with van der Waals surface area (Å²) in [5, 5.41) is 3.58. The van der Waals surface area contributed by atoms with Gasteiger partial charge < -0.3 is 19.9 Å². The van der Waals surface area contributed by atoms with Crippen LogP contribution < -0.4 is 5.32 Å². The Hall–Kier alpha value is -0.860. The predicted octanol–water partition coefficient (Wildman–Crippen LogP) is 3.98. The molecule has 2 unspecified atom stereocenters. The first-order valence-corrected chi connectivity index (χ1v) is 11.1. The van der Waals surface area contributed by atoms with Gasteiger partial charge in [-0.2, -0.15) is 0 Å². The molecule has 2 heterocycles. The summed E-state index contributed by atoms with van der Waals surface area (Å²) in [6, 6.07) is 11.2. The van der Waals surface area contributed by atoms with E-state index in [0.29, 0.717) is 12.5 Å². The summed E-state index contributed by atoms with van der Waals surface area (Å²) < 4.78 is 5.95. The lowest BCUT2D eigenvalue weighted by atomic mass is 10.0. The van der Waals surface area contributed by atoms with Crippen molar-refractivity contribution in [2.75, 3.05) is 46.4 Å². The zero-order valence-corrected chi connectivity index (χ0v) is 20.5. The first-order chi connectivity index (χ1) is 13.8. The van der Waals surface area contributed by atoms with Crippen LogP contribution in [0.25, 0.3) is 0 Å². The molecule has 29 heavy (non-hydrogen) atoms. The van der Waals surface area contributed by atoms with Crippen LogP contribution in [0, 0.1) is 5.92 Å². The molecular weight excluding hydrogens is 475 g/mol. The SMILES string of the molecule is CN=C(NCCCN1CCCCC1C)N1CCC(COCc2ccccc2)C1.I. The highest BCUT2D eigenvalue weighted by Gasteiger charge is 2.25. The highest BCUT2D eigenvalue weighted by Crippen LogP contribution is 2.18. The van der Waals surface area contributed by atoms with Gasteiger partial charge in [-0.15, -0.1) is 24.0 Å². The number of guanidine groups is 1. The van der Waals surface area contributed by atoms with Gasteiger partial charge in [0.25, 0.3) is 0 Å². The van der Waals surface area contributed by atoms with Gasteiger partial charge in [0.15, 0.2) is 5.96 Å². The molecule has 6 heteroatoms. The summed E-state index contributed by atoms with van der Waals surface area (Å²) in [7, 11) is 1.90. The number of nitrogens with one attached hydrogen (secondary N) is 1. The van der Waals surface area contributed by atoms with Gasteiger partial charge in [0.05, 0.1) is 13.2 Å². The van der Waals surface area contributed by atoms with E-state index in [1.807, 2.05) is 13.1 Å². The van der Waals surface area contributed by atoms with Gasteiger partial charge in [0.2, 0.25) is 0 Å². The van der Waals surface area contributed by atoms with E-state index in [2.05, 4.69) is 51.3 Å². The Balaban J connectivity index is 0.00000300. The minimum absolute atomic E-state index is 0. The Labute approximate surface area is 194 Å². The highest BCUT2D eigenvalue weighted by atomic mass is 127. The lowest BCUT2D eigenvalue weighted by Crippen LogP contribution is -2.42. The van der Waals surface area contributed by atoms with Crippen molar-refractivity contribution in [3.05, 3.63) is 35.9 Å². The van der Waals surface area contributed by atoms with Gasteiger partial charge >= 0.3 is 0 Å². The smallest absolute Gasteiger partial charge is 0.193 e. The number of hydrogen-bond acceptors (Lipinski definition) is 3. The highest BCUT2D eigenvalue weighted by molar-refractivity contribution is 14.0. The third-order valence-electron chi connectivity index (χ3n) is 6.11. The molecule has 0 aliphatic carbocycles. The van der Waals surface area contributed by atoms with Gasteiger partial charge in [-0.1, -0.05) is 36.8 Å². The van der Waals surface area contributed by atoms with Crippen molar-refractivity contribution < 1.29 is 4.74 Å². The van der Waals surface area contributed by atoms with E-state index < -0.39 is 0 Å². The van der Waals surface area contributed by atoms with Gasteiger partial charge in [0, 0.05) is 45.2 Å². The minimum Gasteiger partial charge on any atom is -0.376 e. The van der Waals surface area contributed by atoms with Crippen LogP contribution in [0.3, 0.4) is 0 Å². The summed E-state index contributed by atoms with van der Waals surface area (Å²) in [4.78, 5) is 9.54. The molecule has 1 aromatic rings. The Kier molecular flexibility index (Phi) is 11.3. The molecule has 0 spiro atoms. The van der Waals surface area contributed by atoms with Crippen molar-refractivity contribution in [2.24, 2.45) is 10.9 Å². The molecule has 2 aliphatic heterocycles. The lowest BCUT2D eigenvalue weighted by Gasteiger charge is -2.33. The zero-order valence-electron chi connectivity index (χ0n) is 18.2. The van der Waals surface area contributed by atoms with Crippen LogP contribution in [0.15, 0.2) is 35.3 Å². The van der Waals surface area contributed by atoms with E-state index >= 15 is 0 Å². The Morgan fingerprint density at radius 2 is 2.00 bits per heavy atom. The molecule has 3 rings (SSSR count). The lowest BCUT2D eigenvalue weighted by molar-refractivity contribution is 0.0906. The molecule has 2 fully saturated rings. The molecule has 164 valence electrons. The number of benzene rings is 1. The molecule has 0 radical (unpaired) electrons. The van der Waals surface area contributed by atoms with E-state index in [4.69, 9.17) is 4.74 Å². The maximum Gasteiger partial charge on any atom is 0.193 e. The van der Waals surface area contributed by atoms with Crippen molar-refractivity contribution in [1.82, 2.24) is 15.1 Å². The second kappa shape index (κ2) is 13.4. The van der Waals surface area contributed by atoms with E-state index in [9.17, 15) is 0 Å². The number of ether oxygens (including phenoxy) is 1.